The Bertz CT molecular complexity index is 907. The van der Waals surface area contributed by atoms with E-state index in [1.165, 1.54) is 11.1 Å². The van der Waals surface area contributed by atoms with Gasteiger partial charge in [0, 0.05) is 5.56 Å². The molecule has 2 aromatic rings. The number of aliphatic hydroxyl groups excluding tert-OH is 4. The molecule has 1 fully saturated rings. The number of fused-ring (bicyclic) bond motifs is 2. The average molecular weight is 414 g/mol. The van der Waals surface area contributed by atoms with Crippen LogP contribution in [0.2, 0.25) is 0 Å². The second kappa shape index (κ2) is 8.04. The summed E-state index contributed by atoms with van der Waals surface area (Å²) in [5, 5.41) is 40.8. The molecule has 0 aromatic heterocycles. The Balaban J connectivity index is 1.69. The maximum Gasteiger partial charge on any atom is 0.225 e. The Hall–Kier alpha value is -1.80. The molecule has 0 aliphatic carbocycles. The molecule has 2 aromatic carbocycles. The lowest BCUT2D eigenvalue weighted by Gasteiger charge is -2.46. The zero-order chi connectivity index (χ0) is 21.6. The Morgan fingerprint density at radius 1 is 1.07 bits per heavy atom. The van der Waals surface area contributed by atoms with E-state index in [1.54, 1.807) is 0 Å². The fourth-order valence-corrected chi connectivity index (χ4v) is 4.43. The van der Waals surface area contributed by atoms with Crippen LogP contribution in [0.5, 0.6) is 0 Å². The molecule has 5 atom stereocenters. The minimum atomic E-state index is -1.61. The summed E-state index contributed by atoms with van der Waals surface area (Å²) in [4.78, 5) is 0. The number of aliphatic hydroxyl groups is 4. The van der Waals surface area contributed by atoms with Crippen LogP contribution in [-0.2, 0) is 28.3 Å². The summed E-state index contributed by atoms with van der Waals surface area (Å²) in [6.45, 7) is 6.10. The van der Waals surface area contributed by atoms with E-state index >= 15 is 0 Å². The van der Waals surface area contributed by atoms with Gasteiger partial charge in [-0.1, -0.05) is 44.2 Å². The first kappa shape index (κ1) is 21.4. The van der Waals surface area contributed by atoms with Crippen LogP contribution in [0.3, 0.4) is 0 Å². The minimum absolute atomic E-state index is 0.220. The molecule has 30 heavy (non-hydrogen) atoms. The molecule has 162 valence electrons. The van der Waals surface area contributed by atoms with Gasteiger partial charge in [0.2, 0.25) is 5.79 Å². The third-order valence-corrected chi connectivity index (χ3v) is 6.37. The normalized spacial score (nSPS) is 30.8. The summed E-state index contributed by atoms with van der Waals surface area (Å²) >= 11 is 0. The summed E-state index contributed by atoms with van der Waals surface area (Å²) in [5.74, 6) is -1.13. The topological polar surface area (TPSA) is 99.4 Å². The predicted octanol–water partition coefficient (Wildman–Crippen LogP) is 1.87. The number of aryl methyl sites for hydroxylation is 1. The lowest BCUT2D eigenvalue weighted by atomic mass is 9.85. The van der Waals surface area contributed by atoms with Crippen LogP contribution < -0.4 is 0 Å². The van der Waals surface area contributed by atoms with Gasteiger partial charge in [-0.2, -0.15) is 0 Å². The third kappa shape index (κ3) is 3.47. The minimum Gasteiger partial charge on any atom is -0.394 e. The van der Waals surface area contributed by atoms with Gasteiger partial charge in [0.05, 0.1) is 13.2 Å². The summed E-state index contributed by atoms with van der Waals surface area (Å²) in [6, 6.07) is 12.5. The van der Waals surface area contributed by atoms with Crippen LogP contribution >= 0.6 is 0 Å². The molecule has 4 N–H and O–H groups in total. The van der Waals surface area contributed by atoms with Crippen LogP contribution in [0.1, 0.15) is 53.1 Å². The molecular formula is C24H30O6. The van der Waals surface area contributed by atoms with Crippen LogP contribution in [0, 0.1) is 6.92 Å². The first-order chi connectivity index (χ1) is 14.3. The fourth-order valence-electron chi connectivity index (χ4n) is 4.43. The van der Waals surface area contributed by atoms with Gasteiger partial charge in [-0.15, -0.1) is 0 Å². The molecule has 2 aliphatic heterocycles. The van der Waals surface area contributed by atoms with Crippen molar-refractivity contribution < 1.29 is 29.9 Å². The van der Waals surface area contributed by atoms with Crippen molar-refractivity contribution in [1.29, 1.82) is 0 Å². The Kier molecular flexibility index (Phi) is 5.74. The molecule has 0 amide bonds. The molecule has 1 spiro atoms. The van der Waals surface area contributed by atoms with Crippen molar-refractivity contribution in [2.45, 2.75) is 69.9 Å². The van der Waals surface area contributed by atoms with Gasteiger partial charge in [0.15, 0.2) is 0 Å². The van der Waals surface area contributed by atoms with Gasteiger partial charge in [-0.05, 0) is 53.1 Å². The molecule has 2 heterocycles. The molecule has 2 aliphatic rings. The zero-order valence-electron chi connectivity index (χ0n) is 17.6. The van der Waals surface area contributed by atoms with Crippen molar-refractivity contribution >= 4 is 0 Å². The third-order valence-electron chi connectivity index (χ3n) is 6.37. The first-order valence-corrected chi connectivity index (χ1v) is 10.5. The number of benzene rings is 2. The second-order valence-electron chi connectivity index (χ2n) is 8.73. The van der Waals surface area contributed by atoms with Crippen molar-refractivity contribution in [3.05, 3.63) is 69.8 Å². The van der Waals surface area contributed by atoms with Crippen LogP contribution in [0.25, 0.3) is 0 Å². The van der Waals surface area contributed by atoms with Crippen LogP contribution in [-0.4, -0.2) is 51.4 Å². The smallest absolute Gasteiger partial charge is 0.225 e. The maximum atomic E-state index is 10.7. The molecule has 6 nitrogen and oxygen atoms in total. The standard InChI is InChI=1S/C24H30O6/c1-13(2)16-6-4-15(5-7-16)9-17-10-19-18(8-14(17)3)12-29-24(19)23(28)22(27)21(26)20(11-25)30-24/h4-8,10,13,20-23,25-28H,9,11-12H2,1-3H3/t20-,21-,22+,23-,24?/m1/s1. The van der Waals surface area contributed by atoms with Crippen molar-refractivity contribution in [2.24, 2.45) is 0 Å². The Morgan fingerprint density at radius 3 is 2.40 bits per heavy atom. The van der Waals surface area contributed by atoms with E-state index < -0.39 is 36.8 Å². The van der Waals surface area contributed by atoms with E-state index in [4.69, 9.17) is 9.47 Å². The number of hydrogen-bond donors (Lipinski definition) is 4. The highest BCUT2D eigenvalue weighted by atomic mass is 16.7. The molecule has 0 saturated carbocycles. The molecule has 0 radical (unpaired) electrons. The molecule has 1 saturated heterocycles. The summed E-state index contributed by atoms with van der Waals surface area (Å²) in [5.41, 5.74) is 6.13. The highest BCUT2D eigenvalue weighted by molar-refractivity contribution is 5.45. The molecule has 0 bridgehead atoms. The van der Waals surface area contributed by atoms with Gasteiger partial charge in [-0.25, -0.2) is 0 Å². The lowest BCUT2D eigenvalue weighted by Crippen LogP contribution is -2.63. The summed E-state index contributed by atoms with van der Waals surface area (Å²) in [6.07, 6.45) is -4.71. The highest BCUT2D eigenvalue weighted by Crippen LogP contribution is 2.46. The van der Waals surface area contributed by atoms with Crippen molar-refractivity contribution in [2.75, 3.05) is 6.61 Å². The van der Waals surface area contributed by atoms with Crippen LogP contribution in [0.15, 0.2) is 36.4 Å². The van der Waals surface area contributed by atoms with E-state index in [1.807, 2.05) is 19.1 Å². The van der Waals surface area contributed by atoms with E-state index in [9.17, 15) is 20.4 Å². The number of rotatable bonds is 4. The second-order valence-corrected chi connectivity index (χ2v) is 8.73. The Morgan fingerprint density at radius 2 is 1.77 bits per heavy atom. The fraction of sp³-hybridized carbons (Fsp3) is 0.500. The maximum absolute atomic E-state index is 10.7. The monoisotopic (exact) mass is 414 g/mol. The summed E-state index contributed by atoms with van der Waals surface area (Å²) < 4.78 is 11.7. The predicted molar refractivity (Wildman–Crippen MR) is 111 cm³/mol. The molecule has 4 rings (SSSR count). The molecule has 1 unspecified atom stereocenters. The average Bonchev–Trinajstić information content (AvgIpc) is 3.08. The van der Waals surface area contributed by atoms with E-state index in [2.05, 4.69) is 38.1 Å². The van der Waals surface area contributed by atoms with Gasteiger partial charge in [0.1, 0.15) is 24.4 Å². The van der Waals surface area contributed by atoms with Gasteiger partial charge < -0.3 is 29.9 Å². The number of ether oxygens (including phenoxy) is 2. The zero-order valence-corrected chi connectivity index (χ0v) is 17.6. The van der Waals surface area contributed by atoms with Gasteiger partial charge in [0.25, 0.3) is 0 Å². The van der Waals surface area contributed by atoms with E-state index in [0.717, 1.165) is 16.7 Å². The quantitative estimate of drug-likeness (QED) is 0.610. The SMILES string of the molecule is Cc1cc2c(cc1Cc1ccc(C(C)C)cc1)C1(OC2)O[C@H](CO)[C@@H](O)[C@H](O)[C@H]1O. The highest BCUT2D eigenvalue weighted by Gasteiger charge is 2.58. The van der Waals surface area contributed by atoms with E-state index in [-0.39, 0.29) is 6.61 Å². The van der Waals surface area contributed by atoms with E-state index in [0.29, 0.717) is 17.9 Å². The van der Waals surface area contributed by atoms with Gasteiger partial charge in [-0.3, -0.25) is 0 Å². The first-order valence-electron chi connectivity index (χ1n) is 10.5. The van der Waals surface area contributed by atoms with Crippen molar-refractivity contribution in [3.63, 3.8) is 0 Å². The molecule has 6 heteroatoms. The van der Waals surface area contributed by atoms with Crippen LogP contribution in [0.4, 0.5) is 0 Å². The number of hydrogen-bond acceptors (Lipinski definition) is 6. The largest absolute Gasteiger partial charge is 0.394 e. The molecular weight excluding hydrogens is 384 g/mol. The summed E-state index contributed by atoms with van der Waals surface area (Å²) in [7, 11) is 0. The van der Waals surface area contributed by atoms with Crippen molar-refractivity contribution in [1.82, 2.24) is 0 Å². The van der Waals surface area contributed by atoms with Crippen molar-refractivity contribution in [3.8, 4) is 0 Å². The Labute approximate surface area is 176 Å². The lowest BCUT2D eigenvalue weighted by molar-refractivity contribution is -0.368. The van der Waals surface area contributed by atoms with Gasteiger partial charge >= 0.3 is 0 Å².